The van der Waals surface area contributed by atoms with Gasteiger partial charge in [0.2, 0.25) is 0 Å². The first-order valence-corrected chi connectivity index (χ1v) is 6.94. The lowest BCUT2D eigenvalue weighted by molar-refractivity contribution is 0.0790. The first-order chi connectivity index (χ1) is 8.58. The highest BCUT2D eigenvalue weighted by molar-refractivity contribution is 7.12. The van der Waals surface area contributed by atoms with E-state index in [1.807, 2.05) is 23.6 Å². The maximum Gasteiger partial charge on any atom is 0.263 e. The van der Waals surface area contributed by atoms with Crippen molar-refractivity contribution in [2.45, 2.75) is 6.54 Å². The predicted octanol–water partition coefficient (Wildman–Crippen LogP) is 4.33. The Morgan fingerprint density at radius 3 is 2.67 bits per heavy atom. The molecule has 18 heavy (non-hydrogen) atoms. The van der Waals surface area contributed by atoms with Crippen LogP contribution in [0.4, 0.5) is 0 Å². The van der Waals surface area contributed by atoms with Crippen LogP contribution in [0.25, 0.3) is 0 Å². The molecule has 0 N–H and O–H groups in total. The van der Waals surface area contributed by atoms with E-state index in [9.17, 15) is 4.79 Å². The van der Waals surface area contributed by atoms with E-state index in [-0.39, 0.29) is 5.91 Å². The smallest absolute Gasteiger partial charge is 0.263 e. The lowest BCUT2D eigenvalue weighted by atomic mass is 10.2. The van der Waals surface area contributed by atoms with Crippen LogP contribution in [-0.2, 0) is 6.54 Å². The molecule has 0 saturated heterocycles. The van der Waals surface area contributed by atoms with E-state index >= 15 is 0 Å². The number of hydrogen-bond acceptors (Lipinski definition) is 2. The second-order valence-electron chi connectivity index (χ2n) is 3.89. The normalized spacial score (nSPS) is 10.4. The maximum atomic E-state index is 12.0. The van der Waals surface area contributed by atoms with Crippen LogP contribution in [-0.4, -0.2) is 17.9 Å². The summed E-state index contributed by atoms with van der Waals surface area (Å²) in [6, 6.07) is 9.07. The van der Waals surface area contributed by atoms with Gasteiger partial charge in [-0.15, -0.1) is 11.3 Å². The quantitative estimate of drug-likeness (QED) is 0.826. The Morgan fingerprint density at radius 2 is 2.06 bits per heavy atom. The Kier molecular flexibility index (Phi) is 4.27. The summed E-state index contributed by atoms with van der Waals surface area (Å²) in [4.78, 5) is 14.4. The molecule has 0 fully saturated rings. The summed E-state index contributed by atoms with van der Waals surface area (Å²) in [6.07, 6.45) is 0. The van der Waals surface area contributed by atoms with Crippen molar-refractivity contribution < 1.29 is 4.79 Å². The Morgan fingerprint density at radius 1 is 1.28 bits per heavy atom. The van der Waals surface area contributed by atoms with Gasteiger partial charge in [0.1, 0.15) is 0 Å². The van der Waals surface area contributed by atoms with Crippen LogP contribution in [0.1, 0.15) is 15.2 Å². The number of carbonyl (C=O) groups excluding carboxylic acids is 1. The van der Waals surface area contributed by atoms with Crippen LogP contribution >= 0.6 is 34.5 Å². The molecule has 0 unspecified atom stereocenters. The summed E-state index contributed by atoms with van der Waals surface area (Å²) in [5, 5.41) is 2.92. The van der Waals surface area contributed by atoms with E-state index in [0.29, 0.717) is 16.6 Å². The van der Waals surface area contributed by atoms with Crippen LogP contribution in [0.3, 0.4) is 0 Å². The molecule has 0 aliphatic carbocycles. The van der Waals surface area contributed by atoms with Gasteiger partial charge in [0, 0.05) is 13.6 Å². The molecular weight excluding hydrogens is 289 g/mol. The van der Waals surface area contributed by atoms with Gasteiger partial charge < -0.3 is 4.90 Å². The van der Waals surface area contributed by atoms with Crippen molar-refractivity contribution in [3.05, 3.63) is 56.2 Å². The zero-order valence-corrected chi connectivity index (χ0v) is 12.0. The van der Waals surface area contributed by atoms with Crippen LogP contribution < -0.4 is 0 Å². The Bertz CT molecular complexity index is 554. The number of thiophene rings is 1. The lowest BCUT2D eigenvalue weighted by Gasteiger charge is -2.16. The third-order valence-electron chi connectivity index (χ3n) is 2.48. The number of halogens is 2. The fourth-order valence-electron chi connectivity index (χ4n) is 1.57. The predicted molar refractivity (Wildman–Crippen MR) is 76.6 cm³/mol. The van der Waals surface area contributed by atoms with Crippen molar-refractivity contribution in [2.24, 2.45) is 0 Å². The molecule has 1 aromatic heterocycles. The first kappa shape index (κ1) is 13.4. The number of amides is 1. The van der Waals surface area contributed by atoms with Crippen LogP contribution in [0, 0.1) is 0 Å². The summed E-state index contributed by atoms with van der Waals surface area (Å²) >= 11 is 13.2. The number of carbonyl (C=O) groups is 1. The summed E-state index contributed by atoms with van der Waals surface area (Å²) in [7, 11) is 1.77. The van der Waals surface area contributed by atoms with E-state index in [4.69, 9.17) is 23.2 Å². The van der Waals surface area contributed by atoms with Crippen molar-refractivity contribution in [1.29, 1.82) is 0 Å². The van der Waals surface area contributed by atoms with Crippen LogP contribution in [0.5, 0.6) is 0 Å². The van der Waals surface area contributed by atoms with Gasteiger partial charge in [0.05, 0.1) is 14.9 Å². The molecule has 2 rings (SSSR count). The molecule has 2 aromatic rings. The maximum absolute atomic E-state index is 12.0. The third kappa shape index (κ3) is 3.05. The molecule has 0 bridgehead atoms. The second kappa shape index (κ2) is 5.74. The zero-order valence-electron chi connectivity index (χ0n) is 9.69. The molecule has 1 aromatic carbocycles. The summed E-state index contributed by atoms with van der Waals surface area (Å²) in [5.41, 5.74) is 0.955. The first-order valence-electron chi connectivity index (χ1n) is 5.31. The Labute approximate surface area is 120 Å². The zero-order chi connectivity index (χ0) is 13.1. The van der Waals surface area contributed by atoms with Gasteiger partial charge in [-0.05, 0) is 29.1 Å². The largest absolute Gasteiger partial charge is 0.337 e. The van der Waals surface area contributed by atoms with Crippen molar-refractivity contribution >= 4 is 40.4 Å². The van der Waals surface area contributed by atoms with E-state index in [2.05, 4.69) is 0 Å². The topological polar surface area (TPSA) is 20.3 Å². The minimum Gasteiger partial charge on any atom is -0.337 e. The molecule has 2 nitrogen and oxygen atoms in total. The molecule has 0 aliphatic heterocycles. The standard InChI is InChI=1S/C13H11Cl2NOS/c1-16(13(17)12-3-2-6-18-12)8-9-4-5-10(14)11(15)7-9/h2-7H,8H2,1H3. The average molecular weight is 300 g/mol. The summed E-state index contributed by atoms with van der Waals surface area (Å²) in [5.74, 6) is 0.0103. The van der Waals surface area contributed by atoms with Crippen molar-refractivity contribution in [1.82, 2.24) is 4.90 Å². The van der Waals surface area contributed by atoms with Gasteiger partial charge in [-0.25, -0.2) is 0 Å². The van der Waals surface area contributed by atoms with Crippen molar-refractivity contribution in [2.75, 3.05) is 7.05 Å². The van der Waals surface area contributed by atoms with Gasteiger partial charge in [0.25, 0.3) is 5.91 Å². The average Bonchev–Trinajstić information content (AvgIpc) is 2.86. The molecule has 0 radical (unpaired) electrons. The van der Waals surface area contributed by atoms with Crippen molar-refractivity contribution in [3.8, 4) is 0 Å². The highest BCUT2D eigenvalue weighted by atomic mass is 35.5. The van der Waals surface area contributed by atoms with E-state index < -0.39 is 0 Å². The molecule has 1 heterocycles. The highest BCUT2D eigenvalue weighted by Gasteiger charge is 2.13. The van der Waals surface area contributed by atoms with E-state index in [1.54, 1.807) is 24.1 Å². The SMILES string of the molecule is CN(Cc1ccc(Cl)c(Cl)c1)C(=O)c1cccs1. The van der Waals surface area contributed by atoms with Gasteiger partial charge in [0.15, 0.2) is 0 Å². The van der Waals surface area contributed by atoms with Gasteiger partial charge in [-0.3, -0.25) is 4.79 Å². The molecule has 0 atom stereocenters. The van der Waals surface area contributed by atoms with Gasteiger partial charge in [-0.1, -0.05) is 35.3 Å². The number of nitrogens with zero attached hydrogens (tertiary/aromatic N) is 1. The monoisotopic (exact) mass is 299 g/mol. The molecule has 0 spiro atoms. The van der Waals surface area contributed by atoms with Crippen molar-refractivity contribution in [3.63, 3.8) is 0 Å². The molecular formula is C13H11Cl2NOS. The number of rotatable bonds is 3. The van der Waals surface area contributed by atoms with Crippen LogP contribution in [0.15, 0.2) is 35.7 Å². The Hall–Kier alpha value is -1.03. The fourth-order valence-corrected chi connectivity index (χ4v) is 2.61. The minimum absolute atomic E-state index is 0.0103. The molecule has 1 amide bonds. The van der Waals surface area contributed by atoms with Crippen LogP contribution in [0.2, 0.25) is 10.0 Å². The summed E-state index contributed by atoms with van der Waals surface area (Å²) in [6.45, 7) is 0.508. The lowest BCUT2D eigenvalue weighted by Crippen LogP contribution is -2.25. The van der Waals surface area contributed by atoms with Gasteiger partial charge >= 0.3 is 0 Å². The van der Waals surface area contributed by atoms with E-state index in [0.717, 1.165) is 10.4 Å². The Balaban J connectivity index is 2.09. The number of hydrogen-bond donors (Lipinski definition) is 0. The summed E-state index contributed by atoms with van der Waals surface area (Å²) < 4.78 is 0. The molecule has 0 saturated carbocycles. The minimum atomic E-state index is 0.0103. The van der Waals surface area contributed by atoms with Gasteiger partial charge in [-0.2, -0.15) is 0 Å². The second-order valence-corrected chi connectivity index (χ2v) is 5.65. The molecule has 5 heteroatoms. The highest BCUT2D eigenvalue weighted by Crippen LogP contribution is 2.23. The fraction of sp³-hybridized carbons (Fsp3) is 0.154. The number of benzene rings is 1. The van der Waals surface area contributed by atoms with E-state index in [1.165, 1.54) is 11.3 Å². The molecule has 0 aliphatic rings. The third-order valence-corrected chi connectivity index (χ3v) is 4.08. The molecule has 94 valence electrons.